The SMILES string of the molecule is CN(C)S(=O)(=O)N1CCNCC(C)(C)C1. The van der Waals surface area contributed by atoms with Crippen LogP contribution in [0.2, 0.25) is 0 Å². The molecule has 0 bridgehead atoms. The van der Waals surface area contributed by atoms with Gasteiger partial charge in [-0.2, -0.15) is 17.0 Å². The van der Waals surface area contributed by atoms with Gasteiger partial charge in [-0.05, 0) is 5.41 Å². The Bertz CT molecular complexity index is 311. The Labute approximate surface area is 92.6 Å². The van der Waals surface area contributed by atoms with E-state index in [0.29, 0.717) is 13.1 Å². The molecule has 0 aliphatic carbocycles. The quantitative estimate of drug-likeness (QED) is 0.716. The minimum absolute atomic E-state index is 0.0143. The highest BCUT2D eigenvalue weighted by Crippen LogP contribution is 2.20. The van der Waals surface area contributed by atoms with E-state index < -0.39 is 10.2 Å². The van der Waals surface area contributed by atoms with E-state index in [-0.39, 0.29) is 5.41 Å². The minimum Gasteiger partial charge on any atom is -0.315 e. The lowest BCUT2D eigenvalue weighted by molar-refractivity contribution is 0.279. The van der Waals surface area contributed by atoms with Gasteiger partial charge in [-0.25, -0.2) is 0 Å². The lowest BCUT2D eigenvalue weighted by Gasteiger charge is -2.30. The molecule has 90 valence electrons. The van der Waals surface area contributed by atoms with Crippen LogP contribution in [0.15, 0.2) is 0 Å². The second kappa shape index (κ2) is 4.37. The van der Waals surface area contributed by atoms with E-state index in [4.69, 9.17) is 0 Å². The normalized spacial score (nSPS) is 24.1. The maximum absolute atomic E-state index is 12.0. The Hall–Kier alpha value is -0.170. The van der Waals surface area contributed by atoms with Crippen molar-refractivity contribution >= 4 is 10.2 Å². The highest BCUT2D eigenvalue weighted by molar-refractivity contribution is 7.86. The van der Waals surface area contributed by atoms with Gasteiger partial charge >= 0.3 is 0 Å². The van der Waals surface area contributed by atoms with Crippen molar-refractivity contribution in [3.05, 3.63) is 0 Å². The van der Waals surface area contributed by atoms with Crippen molar-refractivity contribution in [3.8, 4) is 0 Å². The highest BCUT2D eigenvalue weighted by atomic mass is 32.2. The summed E-state index contributed by atoms with van der Waals surface area (Å²) in [6.45, 7) is 6.83. The van der Waals surface area contributed by atoms with Crippen molar-refractivity contribution in [1.82, 2.24) is 13.9 Å². The molecule has 0 atom stereocenters. The average molecular weight is 235 g/mol. The lowest BCUT2D eigenvalue weighted by Crippen LogP contribution is -2.44. The first kappa shape index (κ1) is 12.9. The van der Waals surface area contributed by atoms with E-state index >= 15 is 0 Å². The van der Waals surface area contributed by atoms with E-state index in [2.05, 4.69) is 19.2 Å². The van der Waals surface area contributed by atoms with Gasteiger partial charge in [0.25, 0.3) is 10.2 Å². The topological polar surface area (TPSA) is 52.7 Å². The molecule has 0 saturated carbocycles. The Morgan fingerprint density at radius 2 is 1.93 bits per heavy atom. The summed E-state index contributed by atoms with van der Waals surface area (Å²) in [7, 11) is -0.127. The summed E-state index contributed by atoms with van der Waals surface area (Å²) in [5.74, 6) is 0. The molecule has 1 aliphatic rings. The molecular weight excluding hydrogens is 214 g/mol. The van der Waals surface area contributed by atoms with Gasteiger partial charge in [0.1, 0.15) is 0 Å². The number of nitrogens with one attached hydrogen (secondary N) is 1. The molecule has 1 aliphatic heterocycles. The number of hydrogen-bond donors (Lipinski definition) is 1. The summed E-state index contributed by atoms with van der Waals surface area (Å²) < 4.78 is 26.7. The van der Waals surface area contributed by atoms with E-state index in [1.807, 2.05) is 0 Å². The summed E-state index contributed by atoms with van der Waals surface area (Å²) in [5.41, 5.74) is -0.0143. The maximum atomic E-state index is 12.0. The van der Waals surface area contributed by atoms with E-state index in [9.17, 15) is 8.42 Å². The second-order valence-electron chi connectivity index (χ2n) is 4.96. The summed E-state index contributed by atoms with van der Waals surface area (Å²) in [5, 5.41) is 3.25. The van der Waals surface area contributed by atoms with Gasteiger partial charge in [0.05, 0.1) is 0 Å². The predicted octanol–water partition coefficient (Wildman–Crippen LogP) is -0.276. The number of hydrogen-bond acceptors (Lipinski definition) is 3. The molecule has 0 amide bonds. The zero-order valence-electron chi connectivity index (χ0n) is 9.95. The van der Waals surface area contributed by atoms with Crippen LogP contribution in [0.4, 0.5) is 0 Å². The van der Waals surface area contributed by atoms with Crippen molar-refractivity contribution in [1.29, 1.82) is 0 Å². The Morgan fingerprint density at radius 1 is 1.33 bits per heavy atom. The fourth-order valence-electron chi connectivity index (χ4n) is 1.67. The molecule has 1 heterocycles. The molecule has 0 aromatic carbocycles. The van der Waals surface area contributed by atoms with Gasteiger partial charge in [-0.1, -0.05) is 13.8 Å². The third kappa shape index (κ3) is 3.14. The first-order valence-corrected chi connectivity index (χ1v) is 6.54. The fourth-order valence-corrected chi connectivity index (χ4v) is 2.97. The third-order valence-electron chi connectivity index (χ3n) is 2.53. The largest absolute Gasteiger partial charge is 0.315 e. The van der Waals surface area contributed by atoms with Crippen LogP contribution in [0, 0.1) is 5.41 Å². The average Bonchev–Trinajstić information content (AvgIpc) is 2.26. The minimum atomic E-state index is -3.27. The Kier molecular flexibility index (Phi) is 3.76. The third-order valence-corrected chi connectivity index (χ3v) is 4.42. The summed E-state index contributed by atoms with van der Waals surface area (Å²) in [6.07, 6.45) is 0. The van der Waals surface area contributed by atoms with Gasteiger partial charge in [0.2, 0.25) is 0 Å². The van der Waals surface area contributed by atoms with Gasteiger partial charge in [-0.3, -0.25) is 0 Å². The molecule has 1 saturated heterocycles. The van der Waals surface area contributed by atoms with Crippen molar-refractivity contribution in [2.24, 2.45) is 5.41 Å². The van der Waals surface area contributed by atoms with Crippen LogP contribution in [0.5, 0.6) is 0 Å². The smallest absolute Gasteiger partial charge is 0.281 e. The summed E-state index contributed by atoms with van der Waals surface area (Å²) >= 11 is 0. The van der Waals surface area contributed by atoms with Crippen molar-refractivity contribution in [2.45, 2.75) is 13.8 Å². The van der Waals surface area contributed by atoms with Crippen molar-refractivity contribution in [3.63, 3.8) is 0 Å². The van der Waals surface area contributed by atoms with Crippen molar-refractivity contribution < 1.29 is 8.42 Å². The molecule has 5 nitrogen and oxygen atoms in total. The zero-order chi connectivity index (χ0) is 11.7. The van der Waals surface area contributed by atoms with Gasteiger partial charge < -0.3 is 5.32 Å². The van der Waals surface area contributed by atoms with Gasteiger partial charge in [0.15, 0.2) is 0 Å². The van der Waals surface area contributed by atoms with Crippen molar-refractivity contribution in [2.75, 3.05) is 40.3 Å². The molecule has 1 rings (SSSR count). The molecule has 0 spiro atoms. The number of rotatable bonds is 2. The zero-order valence-corrected chi connectivity index (χ0v) is 10.8. The molecule has 1 fully saturated rings. The molecular formula is C9H21N3O2S. The fraction of sp³-hybridized carbons (Fsp3) is 1.00. The van der Waals surface area contributed by atoms with Crippen LogP contribution in [0.1, 0.15) is 13.8 Å². The number of nitrogens with zero attached hydrogens (tertiary/aromatic N) is 2. The molecule has 0 aromatic heterocycles. The van der Waals surface area contributed by atoms with Crippen LogP contribution in [-0.4, -0.2) is 57.3 Å². The molecule has 6 heteroatoms. The van der Waals surface area contributed by atoms with Crippen LogP contribution >= 0.6 is 0 Å². The first-order valence-electron chi connectivity index (χ1n) is 5.14. The highest BCUT2D eigenvalue weighted by Gasteiger charge is 2.32. The monoisotopic (exact) mass is 235 g/mol. The standard InChI is InChI=1S/C9H21N3O2S/c1-9(2)7-10-5-6-12(8-9)15(13,14)11(3)4/h10H,5-8H2,1-4H3. The summed E-state index contributed by atoms with van der Waals surface area (Å²) in [4.78, 5) is 0. The predicted molar refractivity (Wildman–Crippen MR) is 60.8 cm³/mol. The van der Waals surface area contributed by atoms with Crippen LogP contribution in [-0.2, 0) is 10.2 Å². The Morgan fingerprint density at radius 3 is 2.47 bits per heavy atom. The van der Waals surface area contributed by atoms with Crippen LogP contribution in [0.25, 0.3) is 0 Å². The second-order valence-corrected chi connectivity index (χ2v) is 7.11. The lowest BCUT2D eigenvalue weighted by atomic mass is 9.94. The molecule has 15 heavy (non-hydrogen) atoms. The molecule has 0 aromatic rings. The Balaban J connectivity index is 2.86. The molecule has 0 unspecified atom stereocenters. The summed E-state index contributed by atoms with van der Waals surface area (Å²) in [6, 6.07) is 0. The molecule has 0 radical (unpaired) electrons. The maximum Gasteiger partial charge on any atom is 0.281 e. The van der Waals surface area contributed by atoms with Gasteiger partial charge in [-0.15, -0.1) is 0 Å². The van der Waals surface area contributed by atoms with E-state index in [1.54, 1.807) is 18.4 Å². The van der Waals surface area contributed by atoms with E-state index in [1.165, 1.54) is 4.31 Å². The van der Waals surface area contributed by atoms with Gasteiger partial charge in [0, 0.05) is 40.3 Å². The first-order chi connectivity index (χ1) is 6.76. The van der Waals surface area contributed by atoms with Crippen LogP contribution in [0.3, 0.4) is 0 Å². The van der Waals surface area contributed by atoms with Crippen LogP contribution < -0.4 is 5.32 Å². The molecule has 1 N–H and O–H groups in total. The van der Waals surface area contributed by atoms with E-state index in [0.717, 1.165) is 13.1 Å².